The summed E-state index contributed by atoms with van der Waals surface area (Å²) in [7, 11) is 0. The second-order valence-electron chi connectivity index (χ2n) is 4.60. The van der Waals surface area contributed by atoms with Crippen LogP contribution in [0, 0.1) is 0 Å². The van der Waals surface area contributed by atoms with Crippen LogP contribution in [-0.4, -0.2) is 49.2 Å². The van der Waals surface area contributed by atoms with Gasteiger partial charge in [0.05, 0.1) is 0 Å². The van der Waals surface area contributed by atoms with Crippen molar-refractivity contribution in [2.45, 2.75) is 38.4 Å². The molecule has 1 rings (SSSR count). The maximum atomic E-state index is 5.79. The highest BCUT2D eigenvalue weighted by Gasteiger charge is 2.20. The van der Waals surface area contributed by atoms with Gasteiger partial charge >= 0.3 is 0 Å². The fourth-order valence-corrected chi connectivity index (χ4v) is 2.07. The van der Waals surface area contributed by atoms with Gasteiger partial charge in [-0.15, -0.1) is 0 Å². The van der Waals surface area contributed by atoms with E-state index in [4.69, 9.17) is 11.5 Å². The molecule has 3 atom stereocenters. The van der Waals surface area contributed by atoms with Gasteiger partial charge in [-0.3, -0.25) is 4.90 Å². The van der Waals surface area contributed by atoms with E-state index in [-0.39, 0.29) is 12.1 Å². The standard InChI is InChI=1S/C10H24N4/c1-8(11)5-10-7-14(4-3-13-10)6-9(2)12/h8-10,13H,3-7,11-12H2,1-2H3. The molecule has 0 saturated carbocycles. The third-order valence-electron chi connectivity index (χ3n) is 2.54. The SMILES string of the molecule is CC(N)CC1CN(CC(C)N)CCN1. The molecule has 0 aromatic rings. The number of piperazine rings is 1. The maximum Gasteiger partial charge on any atom is 0.0210 e. The Hall–Kier alpha value is -0.160. The molecule has 1 heterocycles. The van der Waals surface area contributed by atoms with Gasteiger partial charge in [-0.2, -0.15) is 0 Å². The highest BCUT2D eigenvalue weighted by Crippen LogP contribution is 2.04. The minimum Gasteiger partial charge on any atom is -0.328 e. The van der Waals surface area contributed by atoms with Crippen LogP contribution in [0.2, 0.25) is 0 Å². The zero-order chi connectivity index (χ0) is 10.6. The molecule has 1 saturated heterocycles. The number of nitrogens with one attached hydrogen (secondary N) is 1. The van der Waals surface area contributed by atoms with Crippen molar-refractivity contribution in [3.63, 3.8) is 0 Å². The first-order chi connectivity index (χ1) is 6.58. The monoisotopic (exact) mass is 200 g/mol. The molecule has 14 heavy (non-hydrogen) atoms. The summed E-state index contributed by atoms with van der Waals surface area (Å²) in [6.45, 7) is 8.37. The number of nitrogens with two attached hydrogens (primary N) is 2. The van der Waals surface area contributed by atoms with Crippen LogP contribution in [0.15, 0.2) is 0 Å². The van der Waals surface area contributed by atoms with Crippen LogP contribution in [0.25, 0.3) is 0 Å². The van der Waals surface area contributed by atoms with Crippen molar-refractivity contribution in [1.29, 1.82) is 0 Å². The average molecular weight is 200 g/mol. The Morgan fingerprint density at radius 2 is 2.07 bits per heavy atom. The molecule has 3 unspecified atom stereocenters. The second-order valence-corrected chi connectivity index (χ2v) is 4.60. The highest BCUT2D eigenvalue weighted by molar-refractivity contribution is 4.81. The van der Waals surface area contributed by atoms with Crippen molar-refractivity contribution in [2.24, 2.45) is 11.5 Å². The van der Waals surface area contributed by atoms with Crippen LogP contribution in [0.1, 0.15) is 20.3 Å². The number of rotatable bonds is 4. The van der Waals surface area contributed by atoms with Gasteiger partial charge in [-0.05, 0) is 20.3 Å². The summed E-state index contributed by atoms with van der Waals surface area (Å²) < 4.78 is 0. The van der Waals surface area contributed by atoms with E-state index in [0.717, 1.165) is 32.6 Å². The first-order valence-corrected chi connectivity index (χ1v) is 5.55. The van der Waals surface area contributed by atoms with Crippen molar-refractivity contribution < 1.29 is 0 Å². The van der Waals surface area contributed by atoms with E-state index in [0.29, 0.717) is 6.04 Å². The van der Waals surface area contributed by atoms with Crippen molar-refractivity contribution in [2.75, 3.05) is 26.2 Å². The van der Waals surface area contributed by atoms with Crippen LogP contribution in [0.3, 0.4) is 0 Å². The molecule has 5 N–H and O–H groups in total. The Balaban J connectivity index is 2.28. The van der Waals surface area contributed by atoms with Crippen LogP contribution in [0.4, 0.5) is 0 Å². The smallest absolute Gasteiger partial charge is 0.0210 e. The molecule has 0 radical (unpaired) electrons. The van der Waals surface area contributed by atoms with E-state index >= 15 is 0 Å². The van der Waals surface area contributed by atoms with Gasteiger partial charge < -0.3 is 16.8 Å². The Morgan fingerprint density at radius 1 is 1.36 bits per heavy atom. The van der Waals surface area contributed by atoms with Gasteiger partial charge in [0.1, 0.15) is 0 Å². The molecule has 1 aliphatic rings. The molecular formula is C10H24N4. The number of nitrogens with zero attached hydrogens (tertiary/aromatic N) is 1. The summed E-state index contributed by atoms with van der Waals surface area (Å²) in [5.74, 6) is 0. The Labute approximate surface area is 87.0 Å². The normalized spacial score (nSPS) is 28.7. The lowest BCUT2D eigenvalue weighted by atomic mass is 10.1. The van der Waals surface area contributed by atoms with Crippen LogP contribution < -0.4 is 16.8 Å². The van der Waals surface area contributed by atoms with E-state index in [9.17, 15) is 0 Å². The molecule has 0 bridgehead atoms. The van der Waals surface area contributed by atoms with Gasteiger partial charge in [-0.25, -0.2) is 0 Å². The Bertz CT molecular complexity index is 142. The number of hydrogen-bond donors (Lipinski definition) is 3. The summed E-state index contributed by atoms with van der Waals surface area (Å²) in [6, 6.07) is 1.09. The molecule has 1 fully saturated rings. The van der Waals surface area contributed by atoms with E-state index in [1.54, 1.807) is 0 Å². The molecule has 0 aromatic heterocycles. The predicted octanol–water partition coefficient (Wildman–Crippen LogP) is -0.655. The lowest BCUT2D eigenvalue weighted by molar-refractivity contribution is 0.184. The first-order valence-electron chi connectivity index (χ1n) is 5.55. The first kappa shape index (κ1) is 11.9. The lowest BCUT2D eigenvalue weighted by Crippen LogP contribution is -2.54. The summed E-state index contributed by atoms with van der Waals surface area (Å²) in [5.41, 5.74) is 11.6. The topological polar surface area (TPSA) is 67.3 Å². The minimum absolute atomic E-state index is 0.268. The third-order valence-corrected chi connectivity index (χ3v) is 2.54. The summed E-state index contributed by atoms with van der Waals surface area (Å²) >= 11 is 0. The number of hydrogen-bond acceptors (Lipinski definition) is 4. The Kier molecular flexibility index (Phi) is 4.81. The molecule has 4 heteroatoms. The fourth-order valence-electron chi connectivity index (χ4n) is 2.07. The zero-order valence-electron chi connectivity index (χ0n) is 9.37. The lowest BCUT2D eigenvalue weighted by Gasteiger charge is -2.35. The van der Waals surface area contributed by atoms with Gasteiger partial charge in [0, 0.05) is 44.3 Å². The highest BCUT2D eigenvalue weighted by atomic mass is 15.2. The van der Waals surface area contributed by atoms with E-state index in [1.165, 1.54) is 0 Å². The largest absolute Gasteiger partial charge is 0.328 e. The molecule has 0 spiro atoms. The van der Waals surface area contributed by atoms with Gasteiger partial charge in [0.25, 0.3) is 0 Å². The molecule has 0 amide bonds. The quantitative estimate of drug-likeness (QED) is 0.564. The van der Waals surface area contributed by atoms with Gasteiger partial charge in [-0.1, -0.05) is 0 Å². The summed E-state index contributed by atoms with van der Waals surface area (Å²) in [6.07, 6.45) is 1.05. The van der Waals surface area contributed by atoms with Crippen LogP contribution >= 0.6 is 0 Å². The van der Waals surface area contributed by atoms with Crippen molar-refractivity contribution >= 4 is 0 Å². The second kappa shape index (κ2) is 5.66. The molecule has 0 aromatic carbocycles. The summed E-state index contributed by atoms with van der Waals surface area (Å²) in [4.78, 5) is 2.42. The van der Waals surface area contributed by atoms with Crippen LogP contribution in [0.5, 0.6) is 0 Å². The van der Waals surface area contributed by atoms with Gasteiger partial charge in [0.2, 0.25) is 0 Å². The van der Waals surface area contributed by atoms with Gasteiger partial charge in [0.15, 0.2) is 0 Å². The van der Waals surface area contributed by atoms with E-state index in [2.05, 4.69) is 24.1 Å². The van der Waals surface area contributed by atoms with Crippen molar-refractivity contribution in [3.05, 3.63) is 0 Å². The molecule has 1 aliphatic heterocycles. The Morgan fingerprint density at radius 3 is 2.64 bits per heavy atom. The summed E-state index contributed by atoms with van der Waals surface area (Å²) in [5, 5.41) is 3.49. The van der Waals surface area contributed by atoms with Crippen LogP contribution in [-0.2, 0) is 0 Å². The molecule has 4 nitrogen and oxygen atoms in total. The van der Waals surface area contributed by atoms with Crippen molar-refractivity contribution in [1.82, 2.24) is 10.2 Å². The maximum absolute atomic E-state index is 5.79. The minimum atomic E-state index is 0.268. The zero-order valence-corrected chi connectivity index (χ0v) is 9.37. The fraction of sp³-hybridized carbons (Fsp3) is 1.00. The predicted molar refractivity (Wildman–Crippen MR) is 60.1 cm³/mol. The van der Waals surface area contributed by atoms with Crippen molar-refractivity contribution in [3.8, 4) is 0 Å². The average Bonchev–Trinajstić information content (AvgIpc) is 2.01. The molecule has 0 aliphatic carbocycles. The third kappa shape index (κ3) is 4.37. The van der Waals surface area contributed by atoms with E-state index < -0.39 is 0 Å². The molecular weight excluding hydrogens is 176 g/mol. The molecule has 84 valence electrons. The van der Waals surface area contributed by atoms with E-state index in [1.807, 2.05) is 0 Å².